The Kier molecular flexibility index (Phi) is 5.14. The number of aryl methyl sites for hydroxylation is 2. The Morgan fingerprint density at radius 1 is 1.25 bits per heavy atom. The minimum absolute atomic E-state index is 0.601. The molecule has 16 heavy (non-hydrogen) atoms. The first-order valence-corrected chi connectivity index (χ1v) is 6.87. The summed E-state index contributed by atoms with van der Waals surface area (Å²) in [7, 11) is 0. The average Bonchev–Trinajstić information content (AvgIpc) is 2.15. The number of hydrogen-bond acceptors (Lipinski definition) is 1. The van der Waals surface area contributed by atoms with E-state index in [1.54, 1.807) is 0 Å². The third-order valence-corrected chi connectivity index (χ3v) is 3.82. The zero-order valence-electron chi connectivity index (χ0n) is 11.0. The van der Waals surface area contributed by atoms with Gasteiger partial charge in [0.05, 0.1) is 0 Å². The van der Waals surface area contributed by atoms with E-state index < -0.39 is 0 Å². The van der Waals surface area contributed by atoms with Crippen molar-refractivity contribution in [2.75, 3.05) is 0 Å². The second-order valence-corrected chi connectivity index (χ2v) is 6.00. The minimum Gasteiger partial charge on any atom is -0.150 e. The van der Waals surface area contributed by atoms with Crippen LogP contribution in [0.1, 0.15) is 37.5 Å². The van der Waals surface area contributed by atoms with Crippen LogP contribution in [0.3, 0.4) is 0 Å². The first-order valence-electron chi connectivity index (χ1n) is 5.82. The summed E-state index contributed by atoms with van der Waals surface area (Å²) < 4.78 is 0. The highest BCUT2D eigenvalue weighted by Crippen LogP contribution is 2.24. The van der Waals surface area contributed by atoms with E-state index in [0.717, 1.165) is 5.75 Å². The molecule has 0 saturated carbocycles. The quantitative estimate of drug-likeness (QED) is 0.668. The molecule has 0 radical (unpaired) electrons. The molecule has 0 spiro atoms. The van der Waals surface area contributed by atoms with Gasteiger partial charge in [0.2, 0.25) is 0 Å². The predicted molar refractivity (Wildman–Crippen MR) is 76.1 cm³/mol. The van der Waals surface area contributed by atoms with Crippen molar-refractivity contribution in [2.24, 2.45) is 0 Å². The fourth-order valence-corrected chi connectivity index (χ4v) is 3.06. The summed E-state index contributed by atoms with van der Waals surface area (Å²) in [5.41, 5.74) is 5.73. The fraction of sp³-hybridized carbons (Fsp3) is 0.467. The second kappa shape index (κ2) is 6.15. The highest BCUT2D eigenvalue weighted by molar-refractivity contribution is 7.99. The van der Waals surface area contributed by atoms with E-state index >= 15 is 0 Å². The first-order chi connectivity index (χ1) is 7.50. The van der Waals surface area contributed by atoms with Gasteiger partial charge in [0.15, 0.2) is 0 Å². The molecule has 1 aromatic carbocycles. The van der Waals surface area contributed by atoms with Gasteiger partial charge in [0, 0.05) is 11.0 Å². The molecule has 0 N–H and O–H groups in total. The molecule has 1 unspecified atom stereocenters. The van der Waals surface area contributed by atoms with Gasteiger partial charge in [-0.25, -0.2) is 0 Å². The third-order valence-electron chi connectivity index (χ3n) is 2.70. The molecule has 0 aliphatic rings. The third kappa shape index (κ3) is 4.05. The van der Waals surface area contributed by atoms with Crippen LogP contribution in [0.25, 0.3) is 0 Å². The van der Waals surface area contributed by atoms with Gasteiger partial charge in [0.25, 0.3) is 0 Å². The van der Waals surface area contributed by atoms with Crippen molar-refractivity contribution in [3.8, 4) is 0 Å². The van der Waals surface area contributed by atoms with Crippen LogP contribution in [0.2, 0.25) is 0 Å². The van der Waals surface area contributed by atoms with Crippen molar-refractivity contribution < 1.29 is 0 Å². The summed E-state index contributed by atoms with van der Waals surface area (Å²) in [5, 5.41) is 0.601. The average molecular weight is 234 g/mol. The van der Waals surface area contributed by atoms with E-state index in [1.165, 1.54) is 22.3 Å². The summed E-state index contributed by atoms with van der Waals surface area (Å²) >= 11 is 2.01. The fourth-order valence-electron chi connectivity index (χ4n) is 1.81. The molecule has 0 bridgehead atoms. The van der Waals surface area contributed by atoms with Crippen molar-refractivity contribution in [1.82, 2.24) is 0 Å². The minimum atomic E-state index is 0.601. The Balaban J connectivity index is 2.65. The van der Waals surface area contributed by atoms with Crippen LogP contribution in [-0.4, -0.2) is 5.25 Å². The van der Waals surface area contributed by atoms with E-state index in [1.807, 2.05) is 11.8 Å². The van der Waals surface area contributed by atoms with E-state index in [-0.39, 0.29) is 0 Å². The first kappa shape index (κ1) is 13.4. The highest BCUT2D eigenvalue weighted by atomic mass is 32.2. The molecule has 0 aromatic heterocycles. The maximum absolute atomic E-state index is 2.33. The molecule has 0 heterocycles. The molecular formula is C15H22S. The smallest absolute Gasteiger partial charge is 0.0204 e. The molecule has 88 valence electrons. The van der Waals surface area contributed by atoms with Gasteiger partial charge < -0.3 is 0 Å². The number of hydrogen-bond donors (Lipinski definition) is 0. The topological polar surface area (TPSA) is 0 Å². The molecule has 1 aromatic rings. The van der Waals surface area contributed by atoms with Gasteiger partial charge in [-0.05, 0) is 51.3 Å². The van der Waals surface area contributed by atoms with Crippen LogP contribution in [-0.2, 0) is 5.75 Å². The van der Waals surface area contributed by atoms with E-state index in [9.17, 15) is 0 Å². The van der Waals surface area contributed by atoms with E-state index in [4.69, 9.17) is 0 Å². The SMILES string of the molecule is CC(C)=CC(C)SCc1c(C)cccc1C. The van der Waals surface area contributed by atoms with Gasteiger partial charge in [-0.2, -0.15) is 0 Å². The summed E-state index contributed by atoms with van der Waals surface area (Å²) in [4.78, 5) is 0. The molecule has 0 saturated heterocycles. The number of thioether (sulfide) groups is 1. The lowest BCUT2D eigenvalue weighted by molar-refractivity contribution is 1.17. The lowest BCUT2D eigenvalue weighted by Crippen LogP contribution is -1.96. The molecule has 0 nitrogen and oxygen atoms in total. The zero-order valence-corrected chi connectivity index (χ0v) is 11.8. The monoisotopic (exact) mass is 234 g/mol. The lowest BCUT2D eigenvalue weighted by Gasteiger charge is -2.12. The molecule has 1 heteroatoms. The summed E-state index contributed by atoms with van der Waals surface area (Å²) in [6, 6.07) is 6.54. The Hall–Kier alpha value is -0.690. The summed E-state index contributed by atoms with van der Waals surface area (Å²) in [6.45, 7) is 11.0. The maximum Gasteiger partial charge on any atom is 0.0204 e. The molecule has 0 aliphatic heterocycles. The number of benzene rings is 1. The Labute approximate surface area is 104 Å². The van der Waals surface area contributed by atoms with Gasteiger partial charge in [-0.3, -0.25) is 0 Å². The maximum atomic E-state index is 2.33. The van der Waals surface area contributed by atoms with E-state index in [2.05, 4.69) is 58.9 Å². The highest BCUT2D eigenvalue weighted by Gasteiger charge is 2.04. The largest absolute Gasteiger partial charge is 0.150 e. The Bertz CT molecular complexity index is 353. The van der Waals surface area contributed by atoms with Crippen molar-refractivity contribution in [2.45, 2.75) is 45.6 Å². The standard InChI is InChI=1S/C15H22S/c1-11(2)9-14(5)16-10-15-12(3)7-6-8-13(15)4/h6-9,14H,10H2,1-5H3. The Morgan fingerprint density at radius 3 is 2.31 bits per heavy atom. The van der Waals surface area contributed by atoms with E-state index in [0.29, 0.717) is 5.25 Å². The normalized spacial score (nSPS) is 12.3. The van der Waals surface area contributed by atoms with Crippen LogP contribution in [0.4, 0.5) is 0 Å². The van der Waals surface area contributed by atoms with Gasteiger partial charge in [-0.1, -0.05) is 29.8 Å². The van der Waals surface area contributed by atoms with Crippen LogP contribution < -0.4 is 0 Å². The van der Waals surface area contributed by atoms with Gasteiger partial charge in [0.1, 0.15) is 0 Å². The second-order valence-electron chi connectivity index (χ2n) is 4.63. The number of rotatable bonds is 4. The Morgan fingerprint density at radius 2 is 1.81 bits per heavy atom. The van der Waals surface area contributed by atoms with Crippen LogP contribution in [0.5, 0.6) is 0 Å². The van der Waals surface area contributed by atoms with Crippen molar-refractivity contribution in [3.63, 3.8) is 0 Å². The predicted octanol–water partition coefficient (Wildman–Crippen LogP) is 4.89. The van der Waals surface area contributed by atoms with Crippen LogP contribution in [0, 0.1) is 13.8 Å². The lowest BCUT2D eigenvalue weighted by atomic mass is 10.1. The summed E-state index contributed by atoms with van der Waals surface area (Å²) in [6.07, 6.45) is 2.33. The molecule has 1 atom stereocenters. The van der Waals surface area contributed by atoms with Gasteiger partial charge >= 0.3 is 0 Å². The van der Waals surface area contributed by atoms with Crippen LogP contribution >= 0.6 is 11.8 Å². The van der Waals surface area contributed by atoms with Gasteiger partial charge in [-0.15, -0.1) is 11.8 Å². The van der Waals surface area contributed by atoms with Crippen molar-refractivity contribution in [1.29, 1.82) is 0 Å². The van der Waals surface area contributed by atoms with Crippen molar-refractivity contribution >= 4 is 11.8 Å². The molecule has 1 rings (SSSR count). The molecule has 0 amide bonds. The van der Waals surface area contributed by atoms with Crippen molar-refractivity contribution in [3.05, 3.63) is 46.5 Å². The molecule has 0 aliphatic carbocycles. The summed E-state index contributed by atoms with van der Waals surface area (Å²) in [5.74, 6) is 1.11. The zero-order chi connectivity index (χ0) is 12.1. The molecule has 0 fully saturated rings. The van der Waals surface area contributed by atoms with Crippen LogP contribution in [0.15, 0.2) is 29.8 Å². The number of allylic oxidation sites excluding steroid dienone is 1. The molecular weight excluding hydrogens is 212 g/mol.